The zero-order chi connectivity index (χ0) is 9.56. The number of halogens is 1. The number of nitrogens with zero attached hydrogens (tertiary/aromatic N) is 1. The van der Waals surface area contributed by atoms with Gasteiger partial charge in [0.05, 0.1) is 6.10 Å². The summed E-state index contributed by atoms with van der Waals surface area (Å²) in [5.41, 5.74) is 2.74. The molecule has 0 spiro atoms. The van der Waals surface area contributed by atoms with Crippen LogP contribution in [0.3, 0.4) is 0 Å². The molecule has 0 aromatic heterocycles. The van der Waals surface area contributed by atoms with Crippen LogP contribution in [0, 0.1) is 0 Å². The van der Waals surface area contributed by atoms with Gasteiger partial charge < -0.3 is 10.0 Å². The minimum Gasteiger partial charge on any atom is -0.393 e. The number of aliphatic hydroxyl groups excluding tert-OH is 1. The third kappa shape index (κ3) is 6.65. The van der Waals surface area contributed by atoms with Gasteiger partial charge in [-0.15, -0.1) is 0 Å². The molecule has 0 aliphatic rings. The average Bonchev–Trinajstić information content (AvgIpc) is 2.00. The minimum atomic E-state index is -0.215. The highest BCUT2D eigenvalue weighted by Crippen LogP contribution is 2.00. The van der Waals surface area contributed by atoms with Gasteiger partial charge in [-0.05, 0) is 32.9 Å². The van der Waals surface area contributed by atoms with E-state index in [2.05, 4.69) is 4.90 Å². The Kier molecular flexibility index (Phi) is 6.44. The lowest BCUT2D eigenvalue weighted by atomic mass is 10.2. The summed E-state index contributed by atoms with van der Waals surface area (Å²) in [6.45, 7) is 5.57. The topological polar surface area (TPSA) is 23.5 Å². The van der Waals surface area contributed by atoms with Crippen molar-refractivity contribution in [3.8, 4) is 0 Å². The molecule has 3 heteroatoms. The molecule has 0 amide bonds. The van der Waals surface area contributed by atoms with Gasteiger partial charge in [0.15, 0.2) is 0 Å². The van der Waals surface area contributed by atoms with Gasteiger partial charge in [0, 0.05) is 18.6 Å². The summed E-state index contributed by atoms with van der Waals surface area (Å²) in [6, 6.07) is 0. The molecule has 0 aromatic carbocycles. The summed E-state index contributed by atoms with van der Waals surface area (Å²) in [5.74, 6) is 0. The summed E-state index contributed by atoms with van der Waals surface area (Å²) >= 11 is 5.52. The number of aliphatic hydroxyl groups is 1. The van der Waals surface area contributed by atoms with E-state index in [1.807, 2.05) is 14.0 Å². The van der Waals surface area contributed by atoms with Crippen molar-refractivity contribution >= 4 is 11.6 Å². The second kappa shape index (κ2) is 6.46. The van der Waals surface area contributed by atoms with E-state index < -0.39 is 0 Å². The number of hydrogen-bond acceptors (Lipinski definition) is 2. The van der Waals surface area contributed by atoms with Crippen molar-refractivity contribution in [2.24, 2.45) is 0 Å². The summed E-state index contributed by atoms with van der Waals surface area (Å²) < 4.78 is 0. The Bertz CT molecular complexity index is 145. The second-order valence-corrected chi connectivity index (χ2v) is 3.55. The highest BCUT2D eigenvalue weighted by molar-refractivity contribution is 6.25. The molecule has 1 atom stereocenters. The molecule has 0 saturated heterocycles. The molecule has 0 radical (unpaired) electrons. The lowest BCUT2D eigenvalue weighted by molar-refractivity contribution is 0.167. The maximum Gasteiger partial charge on any atom is 0.0524 e. The van der Waals surface area contributed by atoms with Crippen molar-refractivity contribution in [3.63, 3.8) is 0 Å². The zero-order valence-corrected chi connectivity index (χ0v) is 8.80. The van der Waals surface area contributed by atoms with E-state index in [-0.39, 0.29) is 6.10 Å². The molecular weight excluding hydrogens is 174 g/mol. The summed E-state index contributed by atoms with van der Waals surface area (Å²) in [7, 11) is 2.02. The quantitative estimate of drug-likeness (QED) is 0.717. The van der Waals surface area contributed by atoms with Gasteiger partial charge in [0.1, 0.15) is 0 Å². The first-order chi connectivity index (χ1) is 5.56. The van der Waals surface area contributed by atoms with Gasteiger partial charge in [-0.25, -0.2) is 0 Å². The van der Waals surface area contributed by atoms with Gasteiger partial charge in [0.25, 0.3) is 0 Å². The van der Waals surface area contributed by atoms with Crippen LogP contribution in [0.2, 0.25) is 0 Å². The van der Waals surface area contributed by atoms with E-state index in [0.29, 0.717) is 0 Å². The normalized spacial score (nSPS) is 15.3. The van der Waals surface area contributed by atoms with Gasteiger partial charge >= 0.3 is 0 Å². The molecule has 0 aliphatic carbocycles. The molecule has 0 bridgehead atoms. The Morgan fingerprint density at radius 2 is 2.25 bits per heavy atom. The summed E-state index contributed by atoms with van der Waals surface area (Å²) in [5, 5.41) is 9.03. The molecule has 0 heterocycles. The van der Waals surface area contributed by atoms with Crippen LogP contribution in [0.4, 0.5) is 0 Å². The van der Waals surface area contributed by atoms with Crippen LogP contribution in [0.1, 0.15) is 20.3 Å². The third-order valence-electron chi connectivity index (χ3n) is 1.63. The molecule has 12 heavy (non-hydrogen) atoms. The standard InChI is InChI=1S/C9H18ClNO/c1-8(6-10)7-11(3)5-4-9(2)12/h6,9,12H,4-5,7H2,1-3H3. The average molecular weight is 192 g/mol. The fourth-order valence-electron chi connectivity index (χ4n) is 0.947. The van der Waals surface area contributed by atoms with E-state index in [4.69, 9.17) is 16.7 Å². The molecule has 0 aliphatic heterocycles. The van der Waals surface area contributed by atoms with Crippen LogP contribution in [-0.2, 0) is 0 Å². The first-order valence-electron chi connectivity index (χ1n) is 4.18. The molecule has 0 aromatic rings. The molecule has 1 unspecified atom stereocenters. The Morgan fingerprint density at radius 3 is 2.67 bits per heavy atom. The lowest BCUT2D eigenvalue weighted by Crippen LogP contribution is -2.24. The Morgan fingerprint density at radius 1 is 1.67 bits per heavy atom. The van der Waals surface area contributed by atoms with E-state index in [0.717, 1.165) is 25.1 Å². The molecule has 1 N–H and O–H groups in total. The van der Waals surface area contributed by atoms with Crippen molar-refractivity contribution in [1.82, 2.24) is 4.90 Å². The Balaban J connectivity index is 3.53. The monoisotopic (exact) mass is 191 g/mol. The van der Waals surface area contributed by atoms with Gasteiger partial charge in [0.2, 0.25) is 0 Å². The van der Waals surface area contributed by atoms with Gasteiger partial charge in [-0.2, -0.15) is 0 Å². The van der Waals surface area contributed by atoms with Crippen molar-refractivity contribution < 1.29 is 5.11 Å². The smallest absolute Gasteiger partial charge is 0.0524 e. The van der Waals surface area contributed by atoms with Crippen LogP contribution < -0.4 is 0 Å². The van der Waals surface area contributed by atoms with Crippen LogP contribution in [0.25, 0.3) is 0 Å². The molecule has 0 rings (SSSR count). The molecule has 72 valence electrons. The Hall–Kier alpha value is -0.0500. The highest BCUT2D eigenvalue weighted by atomic mass is 35.5. The SMILES string of the molecule is CC(=CCl)CN(C)CCC(C)O. The summed E-state index contributed by atoms with van der Waals surface area (Å²) in [4.78, 5) is 2.14. The van der Waals surface area contributed by atoms with Crippen LogP contribution in [-0.4, -0.2) is 36.2 Å². The van der Waals surface area contributed by atoms with Crippen LogP contribution in [0.15, 0.2) is 11.1 Å². The molecule has 0 fully saturated rings. The maximum absolute atomic E-state index is 9.03. The second-order valence-electron chi connectivity index (χ2n) is 3.33. The van der Waals surface area contributed by atoms with E-state index >= 15 is 0 Å². The predicted octanol–water partition coefficient (Wildman–Crippen LogP) is 1.83. The minimum absolute atomic E-state index is 0.215. The molecular formula is C9H18ClNO. The highest BCUT2D eigenvalue weighted by Gasteiger charge is 2.01. The number of likely N-dealkylation sites (N-methyl/N-ethyl adjacent to an activating group) is 1. The van der Waals surface area contributed by atoms with Gasteiger partial charge in [-0.3, -0.25) is 0 Å². The van der Waals surface area contributed by atoms with Crippen molar-refractivity contribution in [3.05, 3.63) is 11.1 Å². The number of hydrogen-bond donors (Lipinski definition) is 1. The van der Waals surface area contributed by atoms with Crippen molar-refractivity contribution in [2.45, 2.75) is 26.4 Å². The lowest BCUT2D eigenvalue weighted by Gasteiger charge is -2.17. The maximum atomic E-state index is 9.03. The predicted molar refractivity (Wildman–Crippen MR) is 53.4 cm³/mol. The van der Waals surface area contributed by atoms with Crippen LogP contribution >= 0.6 is 11.6 Å². The van der Waals surface area contributed by atoms with Crippen molar-refractivity contribution in [2.75, 3.05) is 20.1 Å². The summed E-state index contributed by atoms with van der Waals surface area (Å²) in [6.07, 6.45) is 0.597. The van der Waals surface area contributed by atoms with E-state index in [9.17, 15) is 0 Å². The fourth-order valence-corrected chi connectivity index (χ4v) is 1.02. The molecule has 0 saturated carbocycles. The third-order valence-corrected chi connectivity index (χ3v) is 2.01. The number of rotatable bonds is 5. The first kappa shape index (κ1) is 11.9. The van der Waals surface area contributed by atoms with Crippen molar-refractivity contribution in [1.29, 1.82) is 0 Å². The first-order valence-corrected chi connectivity index (χ1v) is 4.62. The molecule has 2 nitrogen and oxygen atoms in total. The zero-order valence-electron chi connectivity index (χ0n) is 8.05. The largest absolute Gasteiger partial charge is 0.393 e. The van der Waals surface area contributed by atoms with Gasteiger partial charge in [-0.1, -0.05) is 11.6 Å². The Labute approximate surface area is 79.8 Å². The van der Waals surface area contributed by atoms with Crippen LogP contribution in [0.5, 0.6) is 0 Å². The van der Waals surface area contributed by atoms with E-state index in [1.165, 1.54) is 0 Å². The fraction of sp³-hybridized carbons (Fsp3) is 0.778. The van der Waals surface area contributed by atoms with E-state index in [1.54, 1.807) is 12.5 Å².